The van der Waals surface area contributed by atoms with E-state index in [9.17, 15) is 59.4 Å². The van der Waals surface area contributed by atoms with Crippen LogP contribution in [0.4, 0.5) is 0 Å². The van der Waals surface area contributed by atoms with Gasteiger partial charge in [0.15, 0.2) is 18.9 Å². The summed E-state index contributed by atoms with van der Waals surface area (Å²) in [5, 5.41) is 102. The van der Waals surface area contributed by atoms with E-state index in [1.165, 1.54) is 20.8 Å². The first-order chi connectivity index (χ1) is 70.5. The van der Waals surface area contributed by atoms with Crippen molar-refractivity contribution in [2.45, 2.75) is 264 Å². The molecule has 0 saturated carbocycles. The molecule has 7 aliphatic rings. The highest BCUT2D eigenvalue weighted by Gasteiger charge is 2.62. The first-order valence-corrected chi connectivity index (χ1v) is 52.3. The fraction of sp³-hybridized carbons (Fsp3) is 0.817. The van der Waals surface area contributed by atoms with Crippen molar-refractivity contribution in [2.24, 2.45) is 5.92 Å². The molecule has 0 aromatic carbocycles. The number of amides is 4. The van der Waals surface area contributed by atoms with Gasteiger partial charge in [-0.15, -0.1) is 15.3 Å². The SMILES string of the molecule is CC(=O)NC1[C@H]2OC[C@](COCCOCCOCCOCCn3cc(COCC(COCc4cn(CCOCCOCCOCCOC[C@@]56CO[C@@H](O5)[C@H](NC(C)=O)[C@@H](O)[C@H]6O)nn4)(COCc4cn(CCOCCOCCOCCOC[C@@]56CO[C@@H](O5)[C@H](NC(C)=O)[C@@H](O)[C@H]6O)nn4)NC(=O)CCCCCCC(=O)CCCCCOC4OCC(CC(=O)CCCCCSSc5ccccn5)CO4)nn3)(O2)[C@H](O)[C@@H]1O.O. The van der Waals surface area contributed by atoms with Gasteiger partial charge < -0.3 is 171 Å². The second-order valence-electron chi connectivity index (χ2n) is 36.5. The molecular formula is C93H152N14O37S2. The van der Waals surface area contributed by atoms with Crippen LogP contribution in [-0.2, 0) is 182 Å². The lowest BCUT2D eigenvalue weighted by molar-refractivity contribution is -0.322. The van der Waals surface area contributed by atoms with Crippen molar-refractivity contribution in [1.82, 2.24) is 71.2 Å². The smallest absolute Gasteiger partial charge is 0.271 e. The first kappa shape index (κ1) is 121. The van der Waals surface area contributed by atoms with Crippen LogP contribution < -0.4 is 21.3 Å². The molecule has 51 nitrogen and oxygen atoms in total. The van der Waals surface area contributed by atoms with E-state index in [1.807, 2.05) is 18.2 Å². The summed E-state index contributed by atoms with van der Waals surface area (Å²) in [7, 11) is 3.45. The highest BCUT2D eigenvalue weighted by Crippen LogP contribution is 2.41. The maximum absolute atomic E-state index is 14.4. The van der Waals surface area contributed by atoms with Crippen molar-refractivity contribution in [3.05, 3.63) is 60.1 Å². The second kappa shape index (κ2) is 66.9. The number of pyridine rings is 1. The van der Waals surface area contributed by atoms with E-state index in [0.29, 0.717) is 161 Å². The number of Topliss-reactive ketones (excluding diaryl/α,β-unsaturated/α-hetero) is 2. The average Bonchev–Trinajstić information content (AvgIpc) is 1.61. The predicted octanol–water partition coefficient (Wildman–Crippen LogP) is -1.52. The van der Waals surface area contributed by atoms with Crippen molar-refractivity contribution >= 4 is 56.8 Å². The summed E-state index contributed by atoms with van der Waals surface area (Å²) >= 11 is 0. The van der Waals surface area contributed by atoms with Crippen molar-refractivity contribution in [2.75, 3.05) is 224 Å². The Morgan fingerprint density at radius 3 is 1.14 bits per heavy atom. The Morgan fingerprint density at radius 2 is 0.767 bits per heavy atom. The maximum Gasteiger partial charge on any atom is 0.271 e. The molecule has 0 aliphatic carbocycles. The summed E-state index contributed by atoms with van der Waals surface area (Å²) in [6, 6.07) is 3.13. The van der Waals surface area contributed by atoms with Crippen LogP contribution in [0.15, 0.2) is 48.0 Å². The molecule has 7 fully saturated rings. The summed E-state index contributed by atoms with van der Waals surface area (Å²) in [4.78, 5) is 79.4. The van der Waals surface area contributed by atoms with E-state index >= 15 is 0 Å². The molecule has 53 heteroatoms. The number of ether oxygens (including phenoxy) is 24. The number of aromatic nitrogens is 10. The Hall–Kier alpha value is -6.75. The number of aliphatic hydroxyl groups is 6. The van der Waals surface area contributed by atoms with Gasteiger partial charge in [0, 0.05) is 70.7 Å². The Morgan fingerprint density at radius 1 is 0.418 bits per heavy atom. The van der Waals surface area contributed by atoms with Crippen LogP contribution in [0.5, 0.6) is 0 Å². The van der Waals surface area contributed by atoms with Gasteiger partial charge in [0.25, 0.3) is 6.48 Å². The summed E-state index contributed by atoms with van der Waals surface area (Å²) < 4.78 is 145. The molecular weight excluding hydrogens is 1970 g/mol. The molecule has 1 unspecified atom stereocenters. The third kappa shape index (κ3) is 42.0. The number of aliphatic hydroxyl groups excluding tert-OH is 6. The molecule has 4 aromatic heterocycles. The van der Waals surface area contributed by atoms with E-state index in [1.54, 1.807) is 60.4 Å². The highest BCUT2D eigenvalue weighted by atomic mass is 33.1. The minimum absolute atomic E-state index is 0. The Labute approximate surface area is 856 Å². The molecule has 4 aromatic rings. The predicted molar refractivity (Wildman–Crippen MR) is 510 cm³/mol. The maximum atomic E-state index is 14.4. The van der Waals surface area contributed by atoms with E-state index < -0.39 is 120 Å². The van der Waals surface area contributed by atoms with Crippen LogP contribution in [0.1, 0.15) is 134 Å². The topological polar surface area (TPSA) is 630 Å². The quantitative estimate of drug-likeness (QED) is 0.0177. The molecule has 11 heterocycles. The lowest BCUT2D eigenvalue weighted by Gasteiger charge is -2.42. The standard InChI is InChI=1S/C93H150N14O36S2.H2O/c1-66(108)95-77-80(114)83(117)91(63-138-86(77)141-91)60-129-44-41-126-38-35-123-32-29-120-26-22-105-49-70(99-102-105)54-132-57-90(58-133-55-71-50-106(103-100-71)23-27-121-30-33-124-36-39-127-42-45-130-61-92-64-139-87(142-92)78(96-67(2)109)81(115)84(92)118,59-134-56-72-51-107(104-101-72)24-28-122-31-34-125-37-40-128-43-46-131-62-93-65-140-88(143-93)79(97-68(3)110)82(116)85(93)119)98-75(113)19-11-5-4-8-16-73(111)17-9-6-14-25-135-89-136-52-69(53-137-89)48-74(112)18-10-7-15-47-144-145-76-20-12-13-21-94-76;/h12-13,20-21,49-51,69,77-89,114-119H,4-11,14-19,22-48,52-65H2,1-3H3,(H,95,108)(H,96,109)(H,97,110)(H,98,113);1H2/t69?,77-,78-,79?,80-,81-,82-,83-,84-,85-,86+,87+,88+,89?,91+,92+,93+;/m1./s1. The number of unbranched alkanes of at least 4 members (excludes halogenated alkanes) is 7. The third-order valence-electron chi connectivity index (χ3n) is 24.4. The molecule has 6 bridgehead atoms. The van der Waals surface area contributed by atoms with Gasteiger partial charge in [0.05, 0.1) is 276 Å². The minimum atomic E-state index is -1.35. The molecule has 0 radical (unpaired) electrons. The summed E-state index contributed by atoms with van der Waals surface area (Å²) in [5.74, 6) is -0.0785. The number of carbonyl (C=O) groups excluding carboxylic acids is 6. The monoisotopic (exact) mass is 2120 g/mol. The number of hydrogen-bond acceptors (Lipinski definition) is 45. The van der Waals surface area contributed by atoms with Gasteiger partial charge in [-0.1, -0.05) is 58.2 Å². The lowest BCUT2D eigenvalue weighted by atomic mass is 9.88. The minimum Gasteiger partial charge on any atom is -0.412 e. The fourth-order valence-electron chi connectivity index (χ4n) is 16.8. The van der Waals surface area contributed by atoms with Crippen molar-refractivity contribution in [3.63, 3.8) is 0 Å². The Balaban J connectivity index is 0.0000218. The number of carbonyl (C=O) groups is 6. The molecule has 828 valence electrons. The van der Waals surface area contributed by atoms with Crippen LogP contribution in [0.2, 0.25) is 0 Å². The van der Waals surface area contributed by atoms with Crippen LogP contribution in [0, 0.1) is 5.92 Å². The van der Waals surface area contributed by atoms with E-state index in [2.05, 4.69) is 57.2 Å². The van der Waals surface area contributed by atoms with Crippen LogP contribution >= 0.6 is 21.6 Å². The normalized spacial score (nSPS) is 25.2. The third-order valence-corrected chi connectivity index (χ3v) is 26.8. The van der Waals surface area contributed by atoms with Crippen LogP contribution in [-0.4, -0.2) is 447 Å². The summed E-state index contributed by atoms with van der Waals surface area (Å²) in [6.45, 7) is 10.2. The van der Waals surface area contributed by atoms with Crippen LogP contribution in [0.25, 0.3) is 0 Å². The number of fused-ring (bicyclic) bond motifs is 6. The lowest BCUT2D eigenvalue weighted by Crippen LogP contribution is -2.66. The molecule has 11 rings (SSSR count). The Kier molecular flexibility index (Phi) is 55.5. The molecule has 15 atom stereocenters. The van der Waals surface area contributed by atoms with Gasteiger partial charge in [-0.2, -0.15) is 0 Å². The van der Waals surface area contributed by atoms with Gasteiger partial charge in [-0.3, -0.25) is 28.8 Å². The van der Waals surface area contributed by atoms with Gasteiger partial charge in [0.2, 0.25) is 23.6 Å². The van der Waals surface area contributed by atoms with Gasteiger partial charge in [0.1, 0.15) is 111 Å². The molecule has 0 spiro atoms. The van der Waals surface area contributed by atoms with Crippen LogP contribution in [0.3, 0.4) is 0 Å². The van der Waals surface area contributed by atoms with Crippen molar-refractivity contribution in [1.29, 1.82) is 0 Å². The number of nitrogens with one attached hydrogen (secondary N) is 4. The van der Waals surface area contributed by atoms with Gasteiger partial charge in [-0.25, -0.2) is 19.0 Å². The van der Waals surface area contributed by atoms with Crippen molar-refractivity contribution < 1.29 is 179 Å². The molecule has 146 heavy (non-hydrogen) atoms. The average molecular weight is 2120 g/mol. The van der Waals surface area contributed by atoms with Gasteiger partial charge in [-0.05, 0) is 61.5 Å². The molecule has 12 N–H and O–H groups in total. The molecule has 7 saturated heterocycles. The molecule has 4 amide bonds. The largest absolute Gasteiger partial charge is 0.412 e. The number of ketones is 2. The highest BCUT2D eigenvalue weighted by molar-refractivity contribution is 8.76. The number of hydrogen-bond donors (Lipinski definition) is 10. The van der Waals surface area contributed by atoms with Crippen molar-refractivity contribution in [3.8, 4) is 0 Å². The second-order valence-corrected chi connectivity index (χ2v) is 39.0. The Bertz CT molecular complexity index is 4010. The molecule has 7 aliphatic heterocycles. The zero-order valence-corrected chi connectivity index (χ0v) is 85.4. The zero-order valence-electron chi connectivity index (χ0n) is 83.7. The van der Waals surface area contributed by atoms with E-state index in [-0.39, 0.29) is 194 Å². The summed E-state index contributed by atoms with van der Waals surface area (Å²) in [6.07, 6.45) is 6.01. The first-order valence-electron chi connectivity index (χ1n) is 50.0. The fourth-order valence-corrected chi connectivity index (χ4v) is 18.8. The number of rotatable bonds is 82. The zero-order chi connectivity index (χ0) is 103. The van der Waals surface area contributed by atoms with E-state index in [4.69, 9.17) is 114 Å². The number of nitrogens with zero attached hydrogens (tertiary/aromatic N) is 10. The van der Waals surface area contributed by atoms with E-state index in [0.717, 1.165) is 55.7 Å². The van der Waals surface area contributed by atoms with Gasteiger partial charge >= 0.3 is 0 Å². The summed E-state index contributed by atoms with van der Waals surface area (Å²) in [5.41, 5.74) is -3.71.